The highest BCUT2D eigenvalue weighted by molar-refractivity contribution is 6.30. The second-order valence-corrected chi connectivity index (χ2v) is 5.74. The summed E-state index contributed by atoms with van der Waals surface area (Å²) >= 11 is 5.82. The second kappa shape index (κ2) is 6.18. The van der Waals surface area contributed by atoms with Crippen LogP contribution in [0.15, 0.2) is 33.9 Å². The first kappa shape index (κ1) is 15.4. The molecule has 0 aliphatic carbocycles. The Kier molecular flexibility index (Phi) is 4.53. The van der Waals surface area contributed by atoms with Crippen molar-refractivity contribution in [3.8, 4) is 17.0 Å². The molecule has 6 heteroatoms. The van der Waals surface area contributed by atoms with Crippen LogP contribution in [0.1, 0.15) is 20.3 Å². The molecule has 2 rings (SSSR count). The van der Waals surface area contributed by atoms with Crippen LogP contribution in [-0.2, 0) is 6.54 Å². The highest BCUT2D eigenvalue weighted by atomic mass is 35.5. The van der Waals surface area contributed by atoms with Gasteiger partial charge in [-0.15, -0.1) is 0 Å². The molecule has 1 heterocycles. The molecular formula is C15H17ClN2O3. The van der Waals surface area contributed by atoms with E-state index in [-0.39, 0.29) is 11.4 Å². The predicted molar refractivity (Wildman–Crippen MR) is 82.9 cm³/mol. The lowest BCUT2D eigenvalue weighted by Gasteiger charge is -2.12. The number of nitrogens with zero attached hydrogens (tertiary/aromatic N) is 1. The van der Waals surface area contributed by atoms with Gasteiger partial charge >= 0.3 is 5.69 Å². The van der Waals surface area contributed by atoms with Crippen molar-refractivity contribution in [2.24, 2.45) is 5.92 Å². The number of nitrogens with one attached hydrogen (secondary N) is 1. The minimum Gasteiger partial charge on any atom is -0.494 e. The van der Waals surface area contributed by atoms with Gasteiger partial charge in [-0.05, 0) is 30.0 Å². The number of hydrogen-bond donors (Lipinski definition) is 2. The maximum absolute atomic E-state index is 12.0. The zero-order valence-electron chi connectivity index (χ0n) is 11.9. The van der Waals surface area contributed by atoms with Crippen LogP contribution in [0.5, 0.6) is 5.88 Å². The predicted octanol–water partition coefficient (Wildman–Crippen LogP) is 2.61. The van der Waals surface area contributed by atoms with Crippen LogP contribution in [0.4, 0.5) is 0 Å². The van der Waals surface area contributed by atoms with Crippen molar-refractivity contribution in [2.45, 2.75) is 26.8 Å². The summed E-state index contributed by atoms with van der Waals surface area (Å²) in [5.41, 5.74) is -0.622. The lowest BCUT2D eigenvalue weighted by molar-refractivity contribution is 0.386. The minimum atomic E-state index is -0.611. The van der Waals surface area contributed by atoms with E-state index in [0.29, 0.717) is 23.0 Å². The van der Waals surface area contributed by atoms with Gasteiger partial charge < -0.3 is 5.11 Å². The van der Waals surface area contributed by atoms with Gasteiger partial charge in [-0.1, -0.05) is 37.6 Å². The molecule has 1 aromatic carbocycles. The van der Waals surface area contributed by atoms with Crippen LogP contribution in [0.3, 0.4) is 0 Å². The van der Waals surface area contributed by atoms with E-state index in [2.05, 4.69) is 4.98 Å². The fourth-order valence-corrected chi connectivity index (χ4v) is 2.16. The molecule has 0 atom stereocenters. The maximum atomic E-state index is 12.0. The highest BCUT2D eigenvalue weighted by Gasteiger charge is 2.16. The summed E-state index contributed by atoms with van der Waals surface area (Å²) in [5, 5.41) is 10.8. The lowest BCUT2D eigenvalue weighted by atomic mass is 10.1. The number of aromatic amines is 1. The van der Waals surface area contributed by atoms with Gasteiger partial charge in [0.05, 0.1) is 0 Å². The molecule has 0 fully saturated rings. The molecule has 0 aliphatic rings. The number of halogens is 1. The number of rotatable bonds is 4. The van der Waals surface area contributed by atoms with E-state index in [1.54, 1.807) is 24.3 Å². The number of H-pyrrole nitrogens is 1. The van der Waals surface area contributed by atoms with Crippen LogP contribution in [0, 0.1) is 5.92 Å². The van der Waals surface area contributed by atoms with Gasteiger partial charge in [0.25, 0.3) is 5.56 Å². The fraction of sp³-hybridized carbons (Fsp3) is 0.333. The standard InChI is InChI=1S/C15H17ClN2O3/c1-9(2)7-8-18-14(20)12(13(19)17-15(18)21)10-3-5-11(16)6-4-10/h3-6,9,20H,7-8H2,1-2H3,(H,17,19,21). The van der Waals surface area contributed by atoms with Crippen molar-refractivity contribution in [2.75, 3.05) is 0 Å². The van der Waals surface area contributed by atoms with Gasteiger partial charge in [-0.25, -0.2) is 4.79 Å². The molecule has 112 valence electrons. The first-order valence-electron chi connectivity index (χ1n) is 6.72. The number of aromatic nitrogens is 2. The molecule has 0 bridgehead atoms. The Hall–Kier alpha value is -2.01. The average molecular weight is 309 g/mol. The van der Waals surface area contributed by atoms with Crippen LogP contribution in [0.25, 0.3) is 11.1 Å². The van der Waals surface area contributed by atoms with Gasteiger partial charge in [-0.2, -0.15) is 0 Å². The molecule has 0 amide bonds. The van der Waals surface area contributed by atoms with Crippen molar-refractivity contribution in [3.63, 3.8) is 0 Å². The summed E-state index contributed by atoms with van der Waals surface area (Å²) in [5.74, 6) is 0.0638. The van der Waals surface area contributed by atoms with Gasteiger partial charge in [0, 0.05) is 11.6 Å². The molecule has 2 N–H and O–H groups in total. The van der Waals surface area contributed by atoms with E-state index in [1.165, 1.54) is 4.57 Å². The zero-order chi connectivity index (χ0) is 15.6. The quantitative estimate of drug-likeness (QED) is 0.911. The monoisotopic (exact) mass is 308 g/mol. The van der Waals surface area contributed by atoms with E-state index in [9.17, 15) is 14.7 Å². The molecule has 21 heavy (non-hydrogen) atoms. The van der Waals surface area contributed by atoms with E-state index in [1.807, 2.05) is 13.8 Å². The molecule has 0 spiro atoms. The van der Waals surface area contributed by atoms with Crippen LogP contribution in [0.2, 0.25) is 5.02 Å². The van der Waals surface area contributed by atoms with Crippen molar-refractivity contribution in [3.05, 3.63) is 50.1 Å². The van der Waals surface area contributed by atoms with Crippen LogP contribution < -0.4 is 11.2 Å². The Balaban J connectivity index is 2.56. The van der Waals surface area contributed by atoms with E-state index < -0.39 is 11.2 Å². The molecule has 2 aromatic rings. The SMILES string of the molecule is CC(C)CCn1c(O)c(-c2ccc(Cl)cc2)c(=O)[nH]c1=O. The summed E-state index contributed by atoms with van der Waals surface area (Å²) < 4.78 is 1.19. The third-order valence-corrected chi connectivity index (χ3v) is 3.49. The Labute approximate surface area is 126 Å². The molecule has 0 saturated carbocycles. The van der Waals surface area contributed by atoms with Gasteiger partial charge in [0.2, 0.25) is 5.88 Å². The summed E-state index contributed by atoms with van der Waals surface area (Å²) in [6.07, 6.45) is 0.722. The second-order valence-electron chi connectivity index (χ2n) is 5.30. The molecule has 0 saturated heterocycles. The lowest BCUT2D eigenvalue weighted by Crippen LogP contribution is -2.31. The summed E-state index contributed by atoms with van der Waals surface area (Å²) in [7, 11) is 0. The maximum Gasteiger partial charge on any atom is 0.331 e. The van der Waals surface area contributed by atoms with Crippen LogP contribution >= 0.6 is 11.6 Å². The molecule has 0 radical (unpaired) electrons. The van der Waals surface area contributed by atoms with Crippen molar-refractivity contribution < 1.29 is 5.11 Å². The third-order valence-electron chi connectivity index (χ3n) is 3.23. The molecule has 5 nitrogen and oxygen atoms in total. The Morgan fingerprint density at radius 1 is 1.24 bits per heavy atom. The number of benzene rings is 1. The Morgan fingerprint density at radius 3 is 2.43 bits per heavy atom. The van der Waals surface area contributed by atoms with Gasteiger partial charge in [-0.3, -0.25) is 14.3 Å². The summed E-state index contributed by atoms with van der Waals surface area (Å²) in [6, 6.07) is 6.51. The fourth-order valence-electron chi connectivity index (χ4n) is 2.03. The van der Waals surface area contributed by atoms with Gasteiger partial charge in [0.1, 0.15) is 5.56 Å². The Bertz CT molecular complexity index is 745. The van der Waals surface area contributed by atoms with E-state index in [0.717, 1.165) is 6.42 Å². The number of hydrogen-bond acceptors (Lipinski definition) is 3. The van der Waals surface area contributed by atoms with Gasteiger partial charge in [0.15, 0.2) is 0 Å². The minimum absolute atomic E-state index is 0.0787. The topological polar surface area (TPSA) is 75.1 Å². The molecule has 0 unspecified atom stereocenters. The summed E-state index contributed by atoms with van der Waals surface area (Å²) in [6.45, 7) is 4.39. The van der Waals surface area contributed by atoms with Crippen molar-refractivity contribution in [1.82, 2.24) is 9.55 Å². The van der Waals surface area contributed by atoms with E-state index in [4.69, 9.17) is 11.6 Å². The third kappa shape index (κ3) is 3.36. The smallest absolute Gasteiger partial charge is 0.331 e. The zero-order valence-corrected chi connectivity index (χ0v) is 12.6. The normalized spacial score (nSPS) is 11.0. The first-order valence-corrected chi connectivity index (χ1v) is 7.10. The van der Waals surface area contributed by atoms with Crippen LogP contribution in [-0.4, -0.2) is 14.7 Å². The van der Waals surface area contributed by atoms with E-state index >= 15 is 0 Å². The molecular weight excluding hydrogens is 292 g/mol. The largest absolute Gasteiger partial charge is 0.494 e. The van der Waals surface area contributed by atoms with Crippen molar-refractivity contribution in [1.29, 1.82) is 0 Å². The average Bonchev–Trinajstić information content (AvgIpc) is 2.40. The van der Waals surface area contributed by atoms with Crippen molar-refractivity contribution >= 4 is 11.6 Å². The number of aromatic hydroxyl groups is 1. The Morgan fingerprint density at radius 2 is 1.86 bits per heavy atom. The first-order chi connectivity index (χ1) is 9.90. The summed E-state index contributed by atoms with van der Waals surface area (Å²) in [4.78, 5) is 26.1. The highest BCUT2D eigenvalue weighted by Crippen LogP contribution is 2.25. The molecule has 0 aliphatic heterocycles. The molecule has 1 aromatic heterocycles.